The second-order valence-corrected chi connectivity index (χ2v) is 3.87. The molecule has 0 aliphatic carbocycles. The van der Waals surface area contributed by atoms with E-state index in [0.717, 1.165) is 5.82 Å². The molecule has 2 amide bonds. The summed E-state index contributed by atoms with van der Waals surface area (Å²) in [6.45, 7) is 5.97. The van der Waals surface area contributed by atoms with Crippen molar-refractivity contribution in [2.75, 3.05) is 6.54 Å². The monoisotopic (exact) mass is 253 g/mol. The molecule has 0 aliphatic rings. The Morgan fingerprint density at radius 2 is 2.17 bits per heavy atom. The van der Waals surface area contributed by atoms with Crippen LogP contribution in [0.1, 0.15) is 39.1 Å². The summed E-state index contributed by atoms with van der Waals surface area (Å²) in [5, 5.41) is 9.35. The van der Waals surface area contributed by atoms with Crippen LogP contribution in [0, 0.1) is 0 Å². The van der Waals surface area contributed by atoms with Crippen molar-refractivity contribution >= 4 is 11.8 Å². The average Bonchev–Trinajstić information content (AvgIpc) is 2.81. The number of hydrogen-bond donors (Lipinski definition) is 2. The van der Waals surface area contributed by atoms with E-state index in [1.165, 1.54) is 13.3 Å². The lowest BCUT2D eigenvalue weighted by Crippen LogP contribution is -2.38. The largest absolute Gasteiger partial charge is 0.347 e. The van der Waals surface area contributed by atoms with Crippen molar-refractivity contribution in [2.45, 2.75) is 39.8 Å². The molecule has 1 rings (SSSR count). The van der Waals surface area contributed by atoms with Crippen molar-refractivity contribution in [3.63, 3.8) is 0 Å². The van der Waals surface area contributed by atoms with Gasteiger partial charge in [0.2, 0.25) is 11.8 Å². The third kappa shape index (κ3) is 3.83. The minimum absolute atomic E-state index is 0.0217. The predicted octanol–water partition coefficient (Wildman–Crippen LogP) is 0.00140. The van der Waals surface area contributed by atoms with Crippen molar-refractivity contribution < 1.29 is 9.59 Å². The van der Waals surface area contributed by atoms with Gasteiger partial charge in [-0.2, -0.15) is 5.10 Å². The number of aromatic nitrogens is 3. The highest BCUT2D eigenvalue weighted by Crippen LogP contribution is 2.12. The van der Waals surface area contributed by atoms with Crippen LogP contribution in [0.2, 0.25) is 0 Å². The van der Waals surface area contributed by atoms with Gasteiger partial charge in [-0.25, -0.2) is 9.67 Å². The zero-order valence-electron chi connectivity index (χ0n) is 10.9. The molecule has 0 spiro atoms. The van der Waals surface area contributed by atoms with Crippen molar-refractivity contribution in [1.82, 2.24) is 25.4 Å². The van der Waals surface area contributed by atoms with Gasteiger partial charge in [-0.05, 0) is 13.3 Å². The molecule has 0 radical (unpaired) electrons. The Morgan fingerprint density at radius 1 is 1.44 bits per heavy atom. The molecule has 7 nitrogen and oxygen atoms in total. The average molecular weight is 253 g/mol. The molecule has 0 saturated carbocycles. The number of amides is 2. The van der Waals surface area contributed by atoms with Crippen LogP contribution in [0.15, 0.2) is 6.33 Å². The predicted molar refractivity (Wildman–Crippen MR) is 65.6 cm³/mol. The van der Waals surface area contributed by atoms with Crippen LogP contribution < -0.4 is 10.6 Å². The van der Waals surface area contributed by atoms with Gasteiger partial charge in [0.25, 0.3) is 0 Å². The standard InChI is InChI=1S/C11H19N5O2/c1-4-9(11-13-7-14-16(11)5-2)15-10(18)6-12-8(3)17/h7,9H,4-6H2,1-3H3,(H,12,17)(H,15,18)/t9-/m0/s1. The van der Waals surface area contributed by atoms with E-state index in [9.17, 15) is 9.59 Å². The lowest BCUT2D eigenvalue weighted by atomic mass is 10.2. The maximum atomic E-state index is 11.6. The molecule has 0 aromatic carbocycles. The molecule has 0 fully saturated rings. The fourth-order valence-electron chi connectivity index (χ4n) is 1.59. The fourth-order valence-corrected chi connectivity index (χ4v) is 1.59. The summed E-state index contributed by atoms with van der Waals surface area (Å²) in [5.41, 5.74) is 0. The Hall–Kier alpha value is -1.92. The zero-order chi connectivity index (χ0) is 13.5. The molecule has 1 atom stereocenters. The van der Waals surface area contributed by atoms with E-state index in [1.807, 2.05) is 13.8 Å². The van der Waals surface area contributed by atoms with Crippen molar-refractivity contribution in [3.8, 4) is 0 Å². The number of hydrogen-bond acceptors (Lipinski definition) is 4. The van der Waals surface area contributed by atoms with Crippen molar-refractivity contribution in [3.05, 3.63) is 12.2 Å². The Kier molecular flexibility index (Phi) is 5.29. The second kappa shape index (κ2) is 6.73. The maximum Gasteiger partial charge on any atom is 0.239 e. The van der Waals surface area contributed by atoms with Crippen LogP contribution in [0.4, 0.5) is 0 Å². The molecule has 100 valence electrons. The minimum atomic E-state index is -0.234. The molecule has 18 heavy (non-hydrogen) atoms. The molecule has 1 heterocycles. The maximum absolute atomic E-state index is 11.6. The van der Waals surface area contributed by atoms with Crippen LogP contribution in [-0.4, -0.2) is 33.1 Å². The summed E-state index contributed by atoms with van der Waals surface area (Å²) in [7, 11) is 0. The summed E-state index contributed by atoms with van der Waals surface area (Å²) in [5.74, 6) is 0.272. The number of carbonyl (C=O) groups excluding carboxylic acids is 2. The number of aryl methyl sites for hydroxylation is 1. The summed E-state index contributed by atoms with van der Waals surface area (Å²) in [4.78, 5) is 26.5. The van der Waals surface area contributed by atoms with E-state index in [0.29, 0.717) is 13.0 Å². The number of rotatable bonds is 6. The molecule has 7 heteroatoms. The summed E-state index contributed by atoms with van der Waals surface area (Å²) in [6.07, 6.45) is 2.19. The van der Waals surface area contributed by atoms with Gasteiger partial charge in [0.1, 0.15) is 12.2 Å². The minimum Gasteiger partial charge on any atom is -0.347 e. The van der Waals surface area contributed by atoms with E-state index in [-0.39, 0.29) is 24.4 Å². The van der Waals surface area contributed by atoms with E-state index in [4.69, 9.17) is 0 Å². The Labute approximate surface area is 106 Å². The van der Waals surface area contributed by atoms with Crippen LogP contribution in [0.3, 0.4) is 0 Å². The number of nitrogens with zero attached hydrogens (tertiary/aromatic N) is 3. The highest BCUT2D eigenvalue weighted by Gasteiger charge is 2.17. The summed E-state index contributed by atoms with van der Waals surface area (Å²) in [6, 6.07) is -0.186. The highest BCUT2D eigenvalue weighted by molar-refractivity contribution is 5.83. The van der Waals surface area contributed by atoms with E-state index < -0.39 is 0 Å². The highest BCUT2D eigenvalue weighted by atomic mass is 16.2. The van der Waals surface area contributed by atoms with Crippen LogP contribution in [0.25, 0.3) is 0 Å². The normalized spacial score (nSPS) is 11.9. The molecule has 0 unspecified atom stereocenters. The Balaban J connectivity index is 2.62. The molecule has 1 aromatic rings. The Morgan fingerprint density at radius 3 is 2.72 bits per heavy atom. The van der Waals surface area contributed by atoms with E-state index in [1.54, 1.807) is 4.68 Å². The van der Waals surface area contributed by atoms with Crippen LogP contribution in [0.5, 0.6) is 0 Å². The molecular weight excluding hydrogens is 234 g/mol. The van der Waals surface area contributed by atoms with Gasteiger partial charge < -0.3 is 10.6 Å². The third-order valence-electron chi connectivity index (χ3n) is 2.50. The van der Waals surface area contributed by atoms with Crippen LogP contribution in [-0.2, 0) is 16.1 Å². The van der Waals surface area contributed by atoms with Gasteiger partial charge in [0.05, 0.1) is 12.6 Å². The smallest absolute Gasteiger partial charge is 0.239 e. The lowest BCUT2D eigenvalue weighted by molar-refractivity contribution is -0.125. The second-order valence-electron chi connectivity index (χ2n) is 3.87. The first-order chi connectivity index (χ1) is 8.58. The quantitative estimate of drug-likeness (QED) is 0.747. The first kappa shape index (κ1) is 14.1. The molecule has 0 bridgehead atoms. The third-order valence-corrected chi connectivity index (χ3v) is 2.50. The van der Waals surface area contributed by atoms with E-state index in [2.05, 4.69) is 20.7 Å². The Bertz CT molecular complexity index is 415. The van der Waals surface area contributed by atoms with Crippen molar-refractivity contribution in [1.29, 1.82) is 0 Å². The summed E-state index contributed by atoms with van der Waals surface area (Å²) < 4.78 is 1.74. The number of nitrogens with one attached hydrogen (secondary N) is 2. The lowest BCUT2D eigenvalue weighted by Gasteiger charge is -2.16. The van der Waals surface area contributed by atoms with Gasteiger partial charge in [-0.15, -0.1) is 0 Å². The van der Waals surface area contributed by atoms with Gasteiger partial charge >= 0.3 is 0 Å². The first-order valence-corrected chi connectivity index (χ1v) is 6.00. The van der Waals surface area contributed by atoms with Crippen molar-refractivity contribution in [2.24, 2.45) is 0 Å². The van der Waals surface area contributed by atoms with Gasteiger partial charge in [-0.3, -0.25) is 9.59 Å². The summed E-state index contributed by atoms with van der Waals surface area (Å²) >= 11 is 0. The van der Waals surface area contributed by atoms with Gasteiger partial charge in [0.15, 0.2) is 0 Å². The molecule has 2 N–H and O–H groups in total. The number of carbonyl (C=O) groups is 2. The van der Waals surface area contributed by atoms with E-state index >= 15 is 0 Å². The molecule has 0 saturated heterocycles. The van der Waals surface area contributed by atoms with Crippen LogP contribution >= 0.6 is 0 Å². The van der Waals surface area contributed by atoms with Gasteiger partial charge in [-0.1, -0.05) is 6.92 Å². The molecular formula is C11H19N5O2. The zero-order valence-corrected chi connectivity index (χ0v) is 10.9. The molecule has 1 aromatic heterocycles. The molecule has 0 aliphatic heterocycles. The fraction of sp³-hybridized carbons (Fsp3) is 0.636. The van der Waals surface area contributed by atoms with Gasteiger partial charge in [0, 0.05) is 13.5 Å². The SMILES string of the molecule is CC[C@H](NC(=O)CNC(C)=O)c1ncnn1CC. The topological polar surface area (TPSA) is 88.9 Å². The first-order valence-electron chi connectivity index (χ1n) is 6.00.